The van der Waals surface area contributed by atoms with E-state index in [1.165, 1.54) is 0 Å². The van der Waals surface area contributed by atoms with Crippen LogP contribution in [0.4, 0.5) is 0 Å². The maximum atomic E-state index is 4.29. The van der Waals surface area contributed by atoms with Gasteiger partial charge in [0.15, 0.2) is 0 Å². The summed E-state index contributed by atoms with van der Waals surface area (Å²) in [7, 11) is 0. The molecule has 0 bridgehead atoms. The van der Waals surface area contributed by atoms with Crippen LogP contribution in [0.2, 0.25) is 0 Å². The molecule has 0 aliphatic heterocycles. The van der Waals surface area contributed by atoms with Crippen molar-refractivity contribution in [2.24, 2.45) is 0 Å². The van der Waals surface area contributed by atoms with Crippen LogP contribution < -0.4 is 5.32 Å². The maximum absolute atomic E-state index is 4.29. The largest absolute Gasteiger partial charge is 0.313 e. The summed E-state index contributed by atoms with van der Waals surface area (Å²) in [6.45, 7) is 5.92. The summed E-state index contributed by atoms with van der Waals surface area (Å²) in [4.78, 5) is 8.58. The average Bonchev–Trinajstić information content (AvgIpc) is 2.77. The third-order valence-electron chi connectivity index (χ3n) is 2.37. The van der Waals surface area contributed by atoms with E-state index in [1.807, 2.05) is 31.6 Å². The van der Waals surface area contributed by atoms with E-state index in [0.717, 1.165) is 30.8 Å². The summed E-state index contributed by atoms with van der Waals surface area (Å²) >= 11 is 0. The highest BCUT2D eigenvalue weighted by Crippen LogP contribution is 2.02. The Balaban J connectivity index is 2.02. The van der Waals surface area contributed by atoms with Crippen LogP contribution in [-0.2, 0) is 6.54 Å². The molecule has 0 atom stereocenters. The predicted molar refractivity (Wildman–Crippen MR) is 65.9 cm³/mol. The van der Waals surface area contributed by atoms with Crippen LogP contribution >= 0.6 is 0 Å². The average molecular weight is 231 g/mol. The van der Waals surface area contributed by atoms with Crippen molar-refractivity contribution >= 4 is 0 Å². The van der Waals surface area contributed by atoms with E-state index in [2.05, 4.69) is 27.3 Å². The van der Waals surface area contributed by atoms with Gasteiger partial charge in [0, 0.05) is 30.7 Å². The monoisotopic (exact) mass is 231 g/mol. The standard InChI is InChI=1S/C12H17N5/c1-3-5-13-7-11-8-14-12(15-9-11)17-6-4-10(2)16-17/h4,6,8-9,13H,3,5,7H2,1-2H3. The van der Waals surface area contributed by atoms with Gasteiger partial charge in [-0.3, -0.25) is 0 Å². The van der Waals surface area contributed by atoms with Crippen molar-refractivity contribution in [2.75, 3.05) is 6.54 Å². The first kappa shape index (κ1) is 11.7. The van der Waals surface area contributed by atoms with Gasteiger partial charge in [-0.25, -0.2) is 14.6 Å². The second-order valence-electron chi connectivity index (χ2n) is 3.97. The molecular weight excluding hydrogens is 214 g/mol. The van der Waals surface area contributed by atoms with Gasteiger partial charge in [0.2, 0.25) is 5.95 Å². The van der Waals surface area contributed by atoms with Gasteiger partial charge in [-0.05, 0) is 26.0 Å². The molecule has 5 heteroatoms. The molecule has 0 amide bonds. The predicted octanol–water partition coefficient (Wildman–Crippen LogP) is 1.47. The first-order chi connectivity index (χ1) is 8.29. The molecule has 2 rings (SSSR count). The van der Waals surface area contributed by atoms with Crippen molar-refractivity contribution in [2.45, 2.75) is 26.8 Å². The van der Waals surface area contributed by atoms with E-state index in [9.17, 15) is 0 Å². The molecular formula is C12H17N5. The molecule has 0 aromatic carbocycles. The molecule has 2 heterocycles. The molecule has 0 aliphatic carbocycles. The van der Waals surface area contributed by atoms with Crippen molar-refractivity contribution in [3.63, 3.8) is 0 Å². The third-order valence-corrected chi connectivity index (χ3v) is 2.37. The molecule has 17 heavy (non-hydrogen) atoms. The highest BCUT2D eigenvalue weighted by Gasteiger charge is 2.01. The Morgan fingerprint density at radius 3 is 2.65 bits per heavy atom. The minimum absolute atomic E-state index is 0.609. The summed E-state index contributed by atoms with van der Waals surface area (Å²) in [6.07, 6.45) is 6.66. The summed E-state index contributed by atoms with van der Waals surface area (Å²) in [5.74, 6) is 0.609. The third kappa shape index (κ3) is 3.10. The zero-order chi connectivity index (χ0) is 12.1. The number of rotatable bonds is 5. The van der Waals surface area contributed by atoms with E-state index in [4.69, 9.17) is 0 Å². The van der Waals surface area contributed by atoms with E-state index in [0.29, 0.717) is 5.95 Å². The molecule has 0 aliphatic rings. The summed E-state index contributed by atoms with van der Waals surface area (Å²) in [6, 6.07) is 1.93. The summed E-state index contributed by atoms with van der Waals surface area (Å²) < 4.78 is 1.68. The lowest BCUT2D eigenvalue weighted by Crippen LogP contribution is -2.14. The van der Waals surface area contributed by atoms with Crippen molar-refractivity contribution in [3.05, 3.63) is 35.9 Å². The summed E-state index contributed by atoms with van der Waals surface area (Å²) in [5.41, 5.74) is 2.05. The van der Waals surface area contributed by atoms with Crippen molar-refractivity contribution in [1.29, 1.82) is 0 Å². The second kappa shape index (κ2) is 5.54. The fraction of sp³-hybridized carbons (Fsp3) is 0.417. The zero-order valence-corrected chi connectivity index (χ0v) is 10.2. The molecule has 2 aromatic rings. The molecule has 0 saturated carbocycles. The van der Waals surface area contributed by atoms with Crippen LogP contribution in [0.15, 0.2) is 24.7 Å². The van der Waals surface area contributed by atoms with Gasteiger partial charge in [-0.1, -0.05) is 6.92 Å². The lowest BCUT2D eigenvalue weighted by Gasteiger charge is -2.03. The van der Waals surface area contributed by atoms with Gasteiger partial charge in [0.1, 0.15) is 0 Å². The normalized spacial score (nSPS) is 10.7. The Labute approximate surface area is 101 Å². The zero-order valence-electron chi connectivity index (χ0n) is 10.2. The molecule has 1 N–H and O–H groups in total. The first-order valence-corrected chi connectivity index (χ1v) is 5.84. The van der Waals surface area contributed by atoms with Gasteiger partial charge in [-0.15, -0.1) is 0 Å². The lowest BCUT2D eigenvalue weighted by atomic mass is 10.3. The molecule has 0 spiro atoms. The SMILES string of the molecule is CCCNCc1cnc(-n2ccc(C)n2)nc1. The van der Waals surface area contributed by atoms with Gasteiger partial charge >= 0.3 is 0 Å². The number of hydrogen-bond acceptors (Lipinski definition) is 4. The Morgan fingerprint density at radius 2 is 2.06 bits per heavy atom. The van der Waals surface area contributed by atoms with Crippen LogP contribution in [-0.4, -0.2) is 26.3 Å². The van der Waals surface area contributed by atoms with E-state index >= 15 is 0 Å². The Hall–Kier alpha value is -1.75. The first-order valence-electron chi connectivity index (χ1n) is 5.84. The molecule has 90 valence electrons. The fourth-order valence-electron chi connectivity index (χ4n) is 1.49. The van der Waals surface area contributed by atoms with E-state index < -0.39 is 0 Å². The fourth-order valence-corrected chi connectivity index (χ4v) is 1.49. The van der Waals surface area contributed by atoms with Crippen molar-refractivity contribution < 1.29 is 0 Å². The Bertz CT molecular complexity index is 460. The van der Waals surface area contributed by atoms with Gasteiger partial charge in [0.05, 0.1) is 5.69 Å². The summed E-state index contributed by atoms with van der Waals surface area (Å²) in [5, 5.41) is 7.57. The minimum atomic E-state index is 0.609. The molecule has 2 aromatic heterocycles. The molecule has 0 fully saturated rings. The van der Waals surface area contributed by atoms with Crippen LogP contribution in [0.1, 0.15) is 24.6 Å². The van der Waals surface area contributed by atoms with E-state index in [-0.39, 0.29) is 0 Å². The van der Waals surface area contributed by atoms with Gasteiger partial charge < -0.3 is 5.32 Å². The van der Waals surface area contributed by atoms with Crippen LogP contribution in [0.25, 0.3) is 5.95 Å². The molecule has 0 saturated heterocycles. The van der Waals surface area contributed by atoms with Crippen LogP contribution in [0.5, 0.6) is 0 Å². The number of aromatic nitrogens is 4. The number of nitrogens with zero attached hydrogens (tertiary/aromatic N) is 4. The van der Waals surface area contributed by atoms with Gasteiger partial charge in [-0.2, -0.15) is 5.10 Å². The Morgan fingerprint density at radius 1 is 1.29 bits per heavy atom. The smallest absolute Gasteiger partial charge is 0.250 e. The van der Waals surface area contributed by atoms with Crippen LogP contribution in [0.3, 0.4) is 0 Å². The lowest BCUT2D eigenvalue weighted by molar-refractivity contribution is 0.669. The topological polar surface area (TPSA) is 55.6 Å². The van der Waals surface area contributed by atoms with E-state index in [1.54, 1.807) is 4.68 Å². The second-order valence-corrected chi connectivity index (χ2v) is 3.97. The number of aryl methyl sites for hydroxylation is 1. The highest BCUT2D eigenvalue weighted by atomic mass is 15.3. The Kier molecular flexibility index (Phi) is 3.82. The quantitative estimate of drug-likeness (QED) is 0.792. The van der Waals surface area contributed by atoms with Crippen molar-refractivity contribution in [1.82, 2.24) is 25.1 Å². The molecule has 0 unspecified atom stereocenters. The highest BCUT2D eigenvalue weighted by molar-refractivity contribution is 5.14. The number of nitrogens with one attached hydrogen (secondary N) is 1. The maximum Gasteiger partial charge on any atom is 0.250 e. The van der Waals surface area contributed by atoms with Crippen LogP contribution in [0, 0.1) is 6.92 Å². The molecule has 5 nitrogen and oxygen atoms in total. The van der Waals surface area contributed by atoms with Gasteiger partial charge in [0.25, 0.3) is 0 Å². The minimum Gasteiger partial charge on any atom is -0.313 e. The van der Waals surface area contributed by atoms with Crippen molar-refractivity contribution in [3.8, 4) is 5.95 Å². The number of hydrogen-bond donors (Lipinski definition) is 1. The molecule has 0 radical (unpaired) electrons.